The summed E-state index contributed by atoms with van der Waals surface area (Å²) >= 11 is 0. The molecule has 0 saturated heterocycles. The van der Waals surface area contributed by atoms with Crippen molar-refractivity contribution in [3.05, 3.63) is 65.7 Å². The van der Waals surface area contributed by atoms with E-state index in [0.717, 1.165) is 24.3 Å². The number of hydrogen-bond donors (Lipinski definition) is 2. The highest BCUT2D eigenvalue weighted by atomic mass is 16.5. The summed E-state index contributed by atoms with van der Waals surface area (Å²) in [4.78, 5) is 0. The van der Waals surface area contributed by atoms with E-state index in [4.69, 9.17) is 9.47 Å². The summed E-state index contributed by atoms with van der Waals surface area (Å²) in [6.45, 7) is 2.23. The van der Waals surface area contributed by atoms with E-state index in [1.54, 1.807) is 7.11 Å². The summed E-state index contributed by atoms with van der Waals surface area (Å²) in [7, 11) is 1.67. The second-order valence-corrected chi connectivity index (χ2v) is 5.48. The first kappa shape index (κ1) is 17.5. The molecule has 0 aliphatic carbocycles. The number of methoxy groups -OCH3 is 1. The predicted molar refractivity (Wildman–Crippen MR) is 91.7 cm³/mol. The fourth-order valence-corrected chi connectivity index (χ4v) is 2.25. The lowest BCUT2D eigenvalue weighted by atomic mass is 10.1. The lowest BCUT2D eigenvalue weighted by Gasteiger charge is -2.13. The lowest BCUT2D eigenvalue weighted by Crippen LogP contribution is -2.32. The van der Waals surface area contributed by atoms with Gasteiger partial charge in [0, 0.05) is 13.7 Å². The van der Waals surface area contributed by atoms with Crippen molar-refractivity contribution in [1.29, 1.82) is 0 Å². The van der Waals surface area contributed by atoms with Crippen LogP contribution in [-0.4, -0.2) is 38.0 Å². The van der Waals surface area contributed by atoms with Crippen LogP contribution in [-0.2, 0) is 17.8 Å². The van der Waals surface area contributed by atoms with Crippen LogP contribution in [0.15, 0.2) is 54.6 Å². The summed E-state index contributed by atoms with van der Waals surface area (Å²) in [5.41, 5.74) is 2.39. The quantitative estimate of drug-likeness (QED) is 0.661. The highest BCUT2D eigenvalue weighted by Crippen LogP contribution is 2.12. The van der Waals surface area contributed by atoms with Gasteiger partial charge in [-0.05, 0) is 36.2 Å². The highest BCUT2D eigenvalue weighted by Gasteiger charge is 2.05. The molecule has 124 valence electrons. The lowest BCUT2D eigenvalue weighted by molar-refractivity contribution is 0.106. The van der Waals surface area contributed by atoms with Crippen LogP contribution >= 0.6 is 0 Å². The van der Waals surface area contributed by atoms with Crippen LogP contribution in [0.25, 0.3) is 0 Å². The van der Waals surface area contributed by atoms with Gasteiger partial charge in [0.25, 0.3) is 0 Å². The second-order valence-electron chi connectivity index (χ2n) is 5.48. The van der Waals surface area contributed by atoms with Gasteiger partial charge in [0.1, 0.15) is 18.5 Å². The second kappa shape index (κ2) is 10.0. The van der Waals surface area contributed by atoms with Gasteiger partial charge in [-0.2, -0.15) is 0 Å². The Balaban J connectivity index is 1.60. The number of aliphatic hydroxyl groups excluding tert-OH is 1. The largest absolute Gasteiger partial charge is 0.491 e. The molecule has 2 aromatic rings. The number of rotatable bonds is 10. The normalized spacial score (nSPS) is 12.1. The van der Waals surface area contributed by atoms with Gasteiger partial charge in [0.15, 0.2) is 0 Å². The molecular formula is C19H25NO3. The van der Waals surface area contributed by atoms with Crippen LogP contribution < -0.4 is 10.1 Å². The molecule has 2 rings (SSSR count). The number of nitrogens with one attached hydrogen (secondary N) is 1. The van der Waals surface area contributed by atoms with Crippen molar-refractivity contribution in [2.24, 2.45) is 0 Å². The molecule has 4 nitrogen and oxygen atoms in total. The van der Waals surface area contributed by atoms with E-state index < -0.39 is 6.10 Å². The average Bonchev–Trinajstić information content (AvgIpc) is 2.59. The SMILES string of the molecule is COCc1ccc(OCC(O)CNCCc2ccccc2)cc1. The molecule has 0 aliphatic heterocycles. The average molecular weight is 315 g/mol. The van der Waals surface area contributed by atoms with Crippen molar-refractivity contribution in [2.75, 3.05) is 26.8 Å². The molecular weight excluding hydrogens is 290 g/mol. The smallest absolute Gasteiger partial charge is 0.119 e. The Bertz CT molecular complexity index is 542. The maximum absolute atomic E-state index is 9.94. The Labute approximate surface area is 138 Å². The van der Waals surface area contributed by atoms with Gasteiger partial charge in [0.2, 0.25) is 0 Å². The molecule has 23 heavy (non-hydrogen) atoms. The third kappa shape index (κ3) is 6.82. The van der Waals surface area contributed by atoms with Crippen molar-refractivity contribution in [1.82, 2.24) is 5.32 Å². The molecule has 0 bridgehead atoms. The minimum absolute atomic E-state index is 0.280. The maximum atomic E-state index is 9.94. The molecule has 0 amide bonds. The Morgan fingerprint density at radius 1 is 1.00 bits per heavy atom. The Hall–Kier alpha value is -1.88. The summed E-state index contributed by atoms with van der Waals surface area (Å²) in [6.07, 6.45) is 0.430. The third-order valence-corrected chi connectivity index (χ3v) is 3.49. The van der Waals surface area contributed by atoms with Gasteiger partial charge < -0.3 is 19.9 Å². The molecule has 0 spiro atoms. The molecule has 0 radical (unpaired) electrons. The van der Waals surface area contributed by atoms with Gasteiger partial charge in [-0.15, -0.1) is 0 Å². The predicted octanol–water partition coefficient (Wildman–Crippen LogP) is 2.41. The first-order chi connectivity index (χ1) is 11.3. The monoisotopic (exact) mass is 315 g/mol. The molecule has 0 aromatic heterocycles. The van der Waals surface area contributed by atoms with E-state index in [2.05, 4.69) is 17.4 Å². The highest BCUT2D eigenvalue weighted by molar-refractivity contribution is 5.26. The van der Waals surface area contributed by atoms with Crippen LogP contribution in [0.3, 0.4) is 0 Å². The fourth-order valence-electron chi connectivity index (χ4n) is 2.25. The van der Waals surface area contributed by atoms with Crippen LogP contribution in [0.5, 0.6) is 5.75 Å². The molecule has 0 heterocycles. The van der Waals surface area contributed by atoms with Crippen LogP contribution in [0.1, 0.15) is 11.1 Å². The number of ether oxygens (including phenoxy) is 2. The molecule has 0 aliphatic rings. The zero-order chi connectivity index (χ0) is 16.3. The molecule has 2 N–H and O–H groups in total. The summed E-state index contributed by atoms with van der Waals surface area (Å²) in [5, 5.41) is 13.2. The topological polar surface area (TPSA) is 50.7 Å². The van der Waals surface area contributed by atoms with E-state index in [1.807, 2.05) is 42.5 Å². The van der Waals surface area contributed by atoms with Crippen LogP contribution in [0.2, 0.25) is 0 Å². The Morgan fingerprint density at radius 2 is 1.74 bits per heavy atom. The van der Waals surface area contributed by atoms with Crippen LogP contribution in [0.4, 0.5) is 0 Å². The summed E-state index contributed by atoms with van der Waals surface area (Å²) < 4.78 is 10.6. The molecule has 1 atom stereocenters. The van der Waals surface area contributed by atoms with Gasteiger partial charge >= 0.3 is 0 Å². The van der Waals surface area contributed by atoms with Crippen molar-refractivity contribution in [3.63, 3.8) is 0 Å². The van der Waals surface area contributed by atoms with E-state index >= 15 is 0 Å². The molecule has 1 unspecified atom stereocenters. The number of benzene rings is 2. The minimum atomic E-state index is -0.524. The molecule has 4 heteroatoms. The van der Waals surface area contributed by atoms with Gasteiger partial charge in [-0.3, -0.25) is 0 Å². The number of hydrogen-bond acceptors (Lipinski definition) is 4. The van der Waals surface area contributed by atoms with Gasteiger partial charge in [-0.25, -0.2) is 0 Å². The first-order valence-electron chi connectivity index (χ1n) is 7.91. The zero-order valence-electron chi connectivity index (χ0n) is 13.6. The Kier molecular flexibility index (Phi) is 7.60. The van der Waals surface area contributed by atoms with Gasteiger partial charge in [-0.1, -0.05) is 42.5 Å². The van der Waals surface area contributed by atoms with E-state index in [9.17, 15) is 5.11 Å². The molecule has 2 aromatic carbocycles. The van der Waals surface area contributed by atoms with Crippen molar-refractivity contribution >= 4 is 0 Å². The van der Waals surface area contributed by atoms with Crippen molar-refractivity contribution in [3.8, 4) is 5.75 Å². The minimum Gasteiger partial charge on any atom is -0.491 e. The van der Waals surface area contributed by atoms with E-state index in [0.29, 0.717) is 13.2 Å². The van der Waals surface area contributed by atoms with E-state index in [-0.39, 0.29) is 6.61 Å². The summed E-state index contributed by atoms with van der Waals surface area (Å²) in [5.74, 6) is 0.758. The standard InChI is InChI=1S/C19H25NO3/c1-22-14-17-7-9-19(10-8-17)23-15-18(21)13-20-12-11-16-5-3-2-4-6-16/h2-10,18,20-21H,11-15H2,1H3. The summed E-state index contributed by atoms with van der Waals surface area (Å²) in [6, 6.07) is 18.0. The Morgan fingerprint density at radius 3 is 2.43 bits per heavy atom. The van der Waals surface area contributed by atoms with Crippen molar-refractivity contribution in [2.45, 2.75) is 19.1 Å². The first-order valence-corrected chi connectivity index (χ1v) is 7.91. The molecule has 0 saturated carbocycles. The maximum Gasteiger partial charge on any atom is 0.119 e. The number of aliphatic hydroxyl groups is 1. The fraction of sp³-hybridized carbons (Fsp3) is 0.368. The van der Waals surface area contributed by atoms with E-state index in [1.165, 1.54) is 5.56 Å². The van der Waals surface area contributed by atoms with Gasteiger partial charge in [0.05, 0.1) is 6.61 Å². The van der Waals surface area contributed by atoms with Crippen molar-refractivity contribution < 1.29 is 14.6 Å². The third-order valence-electron chi connectivity index (χ3n) is 3.49. The molecule has 0 fully saturated rings. The van der Waals surface area contributed by atoms with Crippen LogP contribution in [0, 0.1) is 0 Å². The zero-order valence-corrected chi connectivity index (χ0v) is 13.6.